The van der Waals surface area contributed by atoms with E-state index in [1.807, 2.05) is 6.92 Å². The fourth-order valence-corrected chi connectivity index (χ4v) is 1.78. The van der Waals surface area contributed by atoms with E-state index in [0.717, 1.165) is 25.7 Å². The molecule has 1 fully saturated rings. The van der Waals surface area contributed by atoms with Crippen LogP contribution in [0.2, 0.25) is 0 Å². The highest BCUT2D eigenvalue weighted by atomic mass is 16.2. The van der Waals surface area contributed by atoms with E-state index in [0.29, 0.717) is 6.61 Å². The second-order valence-corrected chi connectivity index (χ2v) is 5.70. The summed E-state index contributed by atoms with van der Waals surface area (Å²) in [4.78, 5) is 0. The molecule has 0 aromatic heterocycles. The second kappa shape index (κ2) is 18.0. The minimum Gasteiger partial charge on any atom is -0.396 e. The fourth-order valence-electron chi connectivity index (χ4n) is 1.78. The Morgan fingerprint density at radius 2 is 1.32 bits per heavy atom. The van der Waals surface area contributed by atoms with Gasteiger partial charge in [-0.3, -0.25) is 0 Å². The SMILES string of the molecule is CCCCC/C=C\C/C=C\C/C=C\CC=C1CC1.CCCO. The molecule has 1 heteroatoms. The van der Waals surface area contributed by atoms with Crippen LogP contribution in [-0.2, 0) is 0 Å². The van der Waals surface area contributed by atoms with Crippen molar-refractivity contribution in [2.45, 2.75) is 78.1 Å². The molecule has 0 saturated heterocycles. The molecule has 0 amide bonds. The molecule has 0 spiro atoms. The van der Waals surface area contributed by atoms with Gasteiger partial charge in [-0.25, -0.2) is 0 Å². The lowest BCUT2D eigenvalue weighted by Gasteiger charge is -1.90. The number of hydrogen-bond acceptors (Lipinski definition) is 1. The maximum absolute atomic E-state index is 7.88. The van der Waals surface area contributed by atoms with Gasteiger partial charge in [0.05, 0.1) is 0 Å². The van der Waals surface area contributed by atoms with Crippen LogP contribution < -0.4 is 0 Å². The van der Waals surface area contributed by atoms with Crippen LogP contribution in [0.25, 0.3) is 0 Å². The van der Waals surface area contributed by atoms with E-state index in [-0.39, 0.29) is 0 Å². The molecule has 1 nitrogen and oxygen atoms in total. The van der Waals surface area contributed by atoms with Gasteiger partial charge in [0.2, 0.25) is 0 Å². The molecule has 0 heterocycles. The van der Waals surface area contributed by atoms with Gasteiger partial charge in [0, 0.05) is 6.61 Å². The molecule has 0 aromatic carbocycles. The third kappa shape index (κ3) is 18.9. The summed E-state index contributed by atoms with van der Waals surface area (Å²) in [5.41, 5.74) is 1.64. The first-order valence-electron chi connectivity index (χ1n) is 9.08. The number of allylic oxidation sites excluding steroid dienone is 8. The summed E-state index contributed by atoms with van der Waals surface area (Å²) >= 11 is 0. The Morgan fingerprint density at radius 1 is 0.773 bits per heavy atom. The van der Waals surface area contributed by atoms with Gasteiger partial charge in [-0.1, -0.05) is 74.8 Å². The smallest absolute Gasteiger partial charge is 0.0428 e. The average Bonchev–Trinajstić information content (AvgIpc) is 3.36. The van der Waals surface area contributed by atoms with Crippen molar-refractivity contribution in [1.82, 2.24) is 0 Å². The van der Waals surface area contributed by atoms with Crippen molar-refractivity contribution in [3.05, 3.63) is 48.1 Å². The number of aliphatic hydroxyl groups excluding tert-OH is 1. The summed E-state index contributed by atoms with van der Waals surface area (Å²) in [6.45, 7) is 4.50. The maximum Gasteiger partial charge on any atom is 0.0428 e. The lowest BCUT2D eigenvalue weighted by molar-refractivity contribution is 0.295. The predicted molar refractivity (Wildman–Crippen MR) is 100 cm³/mol. The van der Waals surface area contributed by atoms with Crippen molar-refractivity contribution in [3.8, 4) is 0 Å². The molecule has 0 bridgehead atoms. The first-order valence-corrected chi connectivity index (χ1v) is 9.08. The monoisotopic (exact) mass is 304 g/mol. The molecule has 1 N–H and O–H groups in total. The van der Waals surface area contributed by atoms with Crippen molar-refractivity contribution in [3.63, 3.8) is 0 Å². The first kappa shape index (κ1) is 20.9. The van der Waals surface area contributed by atoms with E-state index in [4.69, 9.17) is 5.11 Å². The van der Waals surface area contributed by atoms with Crippen LogP contribution in [0.3, 0.4) is 0 Å². The van der Waals surface area contributed by atoms with E-state index in [1.54, 1.807) is 5.57 Å². The van der Waals surface area contributed by atoms with E-state index in [9.17, 15) is 0 Å². The molecule has 0 aliphatic heterocycles. The molecule has 0 unspecified atom stereocenters. The summed E-state index contributed by atoms with van der Waals surface area (Å²) in [7, 11) is 0. The third-order valence-corrected chi connectivity index (χ3v) is 3.32. The number of hydrogen-bond donors (Lipinski definition) is 1. The van der Waals surface area contributed by atoms with E-state index < -0.39 is 0 Å². The molecular weight excluding hydrogens is 268 g/mol. The Hall–Kier alpha value is -1.08. The summed E-state index contributed by atoms with van der Waals surface area (Å²) in [6, 6.07) is 0. The summed E-state index contributed by atoms with van der Waals surface area (Å²) in [5.74, 6) is 0. The highest BCUT2D eigenvalue weighted by Crippen LogP contribution is 2.27. The highest BCUT2D eigenvalue weighted by Gasteiger charge is 2.08. The lowest BCUT2D eigenvalue weighted by Crippen LogP contribution is -1.70. The first-order chi connectivity index (χ1) is 10.8. The van der Waals surface area contributed by atoms with Crippen LogP contribution in [-0.4, -0.2) is 11.7 Å². The van der Waals surface area contributed by atoms with Crippen molar-refractivity contribution >= 4 is 0 Å². The maximum atomic E-state index is 7.88. The third-order valence-electron chi connectivity index (χ3n) is 3.32. The Balaban J connectivity index is 0.000000980. The van der Waals surface area contributed by atoms with Gasteiger partial charge >= 0.3 is 0 Å². The zero-order chi connectivity index (χ0) is 16.3. The van der Waals surface area contributed by atoms with Crippen LogP contribution in [0, 0.1) is 0 Å². The molecule has 1 aliphatic carbocycles. The van der Waals surface area contributed by atoms with Gasteiger partial charge in [-0.15, -0.1) is 0 Å². The van der Waals surface area contributed by atoms with Crippen LogP contribution in [0.5, 0.6) is 0 Å². The molecular formula is C21H36O. The fraction of sp³-hybridized carbons (Fsp3) is 0.619. The van der Waals surface area contributed by atoms with Crippen LogP contribution >= 0.6 is 0 Å². The molecule has 126 valence electrons. The van der Waals surface area contributed by atoms with E-state index in [1.165, 1.54) is 38.5 Å². The van der Waals surface area contributed by atoms with E-state index in [2.05, 4.69) is 49.5 Å². The van der Waals surface area contributed by atoms with Gasteiger partial charge in [0.25, 0.3) is 0 Å². The molecule has 0 radical (unpaired) electrons. The molecule has 1 rings (SSSR count). The minimum absolute atomic E-state index is 0.319. The van der Waals surface area contributed by atoms with Gasteiger partial charge in [-0.2, -0.15) is 0 Å². The van der Waals surface area contributed by atoms with Gasteiger partial charge in [-0.05, 0) is 51.4 Å². The van der Waals surface area contributed by atoms with Crippen LogP contribution in [0.4, 0.5) is 0 Å². The summed E-state index contributed by atoms with van der Waals surface area (Å²) < 4.78 is 0. The molecule has 22 heavy (non-hydrogen) atoms. The topological polar surface area (TPSA) is 20.2 Å². The second-order valence-electron chi connectivity index (χ2n) is 5.70. The number of rotatable bonds is 11. The van der Waals surface area contributed by atoms with Gasteiger partial charge in [0.1, 0.15) is 0 Å². The standard InChI is InChI=1S/C18H28.C3H8O/c1-2-3-4-5-6-7-8-9-10-11-12-13-14-15-18-16-17-18;1-2-3-4/h6-7,9-10,12-13,15H,2-5,8,11,14,16-17H2,1H3;4H,2-3H2,1H3/b7-6-,10-9-,13-12-;. The Kier molecular flexibility index (Phi) is 17.1. The Morgan fingerprint density at radius 3 is 1.82 bits per heavy atom. The highest BCUT2D eigenvalue weighted by molar-refractivity contribution is 5.17. The molecule has 1 aliphatic rings. The summed E-state index contributed by atoms with van der Waals surface area (Å²) in [6.07, 6.45) is 28.1. The predicted octanol–water partition coefficient (Wildman–Crippen LogP) is 6.51. The van der Waals surface area contributed by atoms with E-state index >= 15 is 0 Å². The van der Waals surface area contributed by atoms with Crippen molar-refractivity contribution in [1.29, 1.82) is 0 Å². The minimum atomic E-state index is 0.319. The largest absolute Gasteiger partial charge is 0.396 e. The Labute approximate surface area is 138 Å². The Bertz CT molecular complexity index is 326. The van der Waals surface area contributed by atoms with Crippen molar-refractivity contribution in [2.24, 2.45) is 0 Å². The van der Waals surface area contributed by atoms with Crippen molar-refractivity contribution < 1.29 is 5.11 Å². The number of unbranched alkanes of at least 4 members (excludes halogenated alkanes) is 3. The quantitative estimate of drug-likeness (QED) is 0.340. The molecule has 0 aromatic rings. The summed E-state index contributed by atoms with van der Waals surface area (Å²) in [5, 5.41) is 7.88. The zero-order valence-electron chi connectivity index (χ0n) is 14.8. The van der Waals surface area contributed by atoms with Crippen molar-refractivity contribution in [2.75, 3.05) is 6.61 Å². The number of aliphatic hydroxyl groups is 1. The van der Waals surface area contributed by atoms with Gasteiger partial charge in [0.15, 0.2) is 0 Å². The van der Waals surface area contributed by atoms with Gasteiger partial charge < -0.3 is 5.11 Å². The molecule has 0 atom stereocenters. The van der Waals surface area contributed by atoms with Crippen LogP contribution in [0.1, 0.15) is 78.1 Å². The van der Waals surface area contributed by atoms with Crippen LogP contribution in [0.15, 0.2) is 48.1 Å². The molecule has 1 saturated carbocycles. The lowest BCUT2D eigenvalue weighted by atomic mass is 10.2. The average molecular weight is 305 g/mol. The zero-order valence-corrected chi connectivity index (χ0v) is 14.8. The normalized spacial score (nSPS) is 13.9.